The van der Waals surface area contributed by atoms with E-state index >= 15 is 0 Å². The van der Waals surface area contributed by atoms with E-state index in [4.69, 9.17) is 4.74 Å². The smallest absolute Gasteiger partial charge is 0.309 e. The van der Waals surface area contributed by atoms with Crippen LogP contribution in [-0.4, -0.2) is 59.0 Å². The standard InChI is InChI=1S/C18H26N4O3/c1-14-5-2-3-10-22(14)16(23)13-25-17(24)15-6-11-21(12-7-15)18-19-8-4-9-20-18/h4,8-9,14-15H,2-3,5-7,10-13H2,1H3. The summed E-state index contributed by atoms with van der Waals surface area (Å²) in [5.74, 6) is 0.220. The third-order valence-electron chi connectivity index (χ3n) is 5.12. The van der Waals surface area contributed by atoms with E-state index in [-0.39, 0.29) is 30.4 Å². The Morgan fingerprint density at radius 2 is 1.84 bits per heavy atom. The number of ether oxygens (including phenoxy) is 1. The SMILES string of the molecule is CC1CCCCN1C(=O)COC(=O)C1CCN(c2ncccn2)CC1. The summed E-state index contributed by atoms with van der Waals surface area (Å²) in [5, 5.41) is 0. The first kappa shape index (κ1) is 17.6. The molecule has 1 atom stereocenters. The zero-order valence-electron chi connectivity index (χ0n) is 14.8. The summed E-state index contributed by atoms with van der Waals surface area (Å²) in [7, 11) is 0. The molecule has 2 fully saturated rings. The fourth-order valence-corrected chi connectivity index (χ4v) is 3.57. The van der Waals surface area contributed by atoms with Crippen molar-refractivity contribution in [3.8, 4) is 0 Å². The Kier molecular flexibility index (Phi) is 5.83. The van der Waals surface area contributed by atoms with Crippen molar-refractivity contribution in [2.45, 2.75) is 45.1 Å². The number of hydrogen-bond acceptors (Lipinski definition) is 6. The molecule has 0 radical (unpaired) electrons. The van der Waals surface area contributed by atoms with Gasteiger partial charge in [-0.15, -0.1) is 0 Å². The maximum atomic E-state index is 12.3. The maximum Gasteiger partial charge on any atom is 0.309 e. The number of carbonyl (C=O) groups is 2. The van der Waals surface area contributed by atoms with Crippen molar-refractivity contribution in [2.75, 3.05) is 31.1 Å². The Morgan fingerprint density at radius 1 is 1.12 bits per heavy atom. The van der Waals surface area contributed by atoms with Gasteiger partial charge in [0.05, 0.1) is 5.92 Å². The molecule has 0 saturated carbocycles. The van der Waals surface area contributed by atoms with Crippen molar-refractivity contribution in [2.24, 2.45) is 5.92 Å². The summed E-state index contributed by atoms with van der Waals surface area (Å²) in [6.45, 7) is 4.14. The van der Waals surface area contributed by atoms with Crippen molar-refractivity contribution < 1.29 is 14.3 Å². The first-order valence-corrected chi connectivity index (χ1v) is 9.13. The lowest BCUT2D eigenvalue weighted by Crippen LogP contribution is -2.44. The van der Waals surface area contributed by atoms with Crippen LogP contribution in [0.5, 0.6) is 0 Å². The largest absolute Gasteiger partial charge is 0.455 e. The second kappa shape index (κ2) is 8.27. The number of likely N-dealkylation sites (tertiary alicyclic amines) is 1. The van der Waals surface area contributed by atoms with E-state index in [1.807, 2.05) is 4.90 Å². The Bertz CT molecular complexity index is 587. The number of rotatable bonds is 4. The van der Waals surface area contributed by atoms with E-state index in [9.17, 15) is 9.59 Å². The van der Waals surface area contributed by atoms with Crippen molar-refractivity contribution in [3.05, 3.63) is 18.5 Å². The highest BCUT2D eigenvalue weighted by Crippen LogP contribution is 2.22. The maximum absolute atomic E-state index is 12.3. The topological polar surface area (TPSA) is 75.6 Å². The second-order valence-corrected chi connectivity index (χ2v) is 6.85. The van der Waals surface area contributed by atoms with Crippen molar-refractivity contribution in [1.82, 2.24) is 14.9 Å². The highest BCUT2D eigenvalue weighted by Gasteiger charge is 2.29. The van der Waals surface area contributed by atoms with E-state index in [1.165, 1.54) is 0 Å². The van der Waals surface area contributed by atoms with Gasteiger partial charge in [0.2, 0.25) is 5.95 Å². The van der Waals surface area contributed by atoms with Crippen LogP contribution >= 0.6 is 0 Å². The van der Waals surface area contributed by atoms with E-state index in [1.54, 1.807) is 18.5 Å². The van der Waals surface area contributed by atoms with Crippen LogP contribution in [0.2, 0.25) is 0 Å². The molecule has 136 valence electrons. The summed E-state index contributed by atoms with van der Waals surface area (Å²) >= 11 is 0. The summed E-state index contributed by atoms with van der Waals surface area (Å²) < 4.78 is 5.31. The molecule has 0 spiro atoms. The van der Waals surface area contributed by atoms with Gasteiger partial charge in [0.25, 0.3) is 5.91 Å². The third-order valence-corrected chi connectivity index (χ3v) is 5.12. The number of aromatic nitrogens is 2. The predicted molar refractivity (Wildman–Crippen MR) is 93.0 cm³/mol. The van der Waals surface area contributed by atoms with Crippen molar-refractivity contribution in [1.29, 1.82) is 0 Å². The number of anilines is 1. The normalized spacial score (nSPS) is 21.9. The minimum absolute atomic E-state index is 0.0735. The molecule has 0 aromatic carbocycles. The number of piperidine rings is 2. The highest BCUT2D eigenvalue weighted by molar-refractivity contribution is 5.81. The highest BCUT2D eigenvalue weighted by atomic mass is 16.5. The molecule has 3 rings (SSSR count). The van der Waals surface area contributed by atoms with Gasteiger partial charge in [0.15, 0.2) is 6.61 Å². The van der Waals surface area contributed by atoms with Gasteiger partial charge < -0.3 is 14.5 Å². The molecule has 0 bridgehead atoms. The quantitative estimate of drug-likeness (QED) is 0.772. The number of carbonyl (C=O) groups excluding carboxylic acids is 2. The molecular weight excluding hydrogens is 320 g/mol. The molecule has 0 N–H and O–H groups in total. The molecule has 1 aromatic heterocycles. The fourth-order valence-electron chi connectivity index (χ4n) is 3.57. The van der Waals surface area contributed by atoms with Crippen LogP contribution < -0.4 is 4.90 Å². The third kappa shape index (κ3) is 4.46. The van der Waals surface area contributed by atoms with Gasteiger partial charge >= 0.3 is 5.97 Å². The van der Waals surface area contributed by atoms with Crippen molar-refractivity contribution >= 4 is 17.8 Å². The Morgan fingerprint density at radius 3 is 2.52 bits per heavy atom. The molecule has 1 amide bonds. The Hall–Kier alpha value is -2.18. The zero-order valence-corrected chi connectivity index (χ0v) is 14.8. The van der Waals surface area contributed by atoms with E-state index < -0.39 is 0 Å². The second-order valence-electron chi connectivity index (χ2n) is 6.85. The molecule has 25 heavy (non-hydrogen) atoms. The van der Waals surface area contributed by atoms with Crippen LogP contribution in [0.4, 0.5) is 5.95 Å². The van der Waals surface area contributed by atoms with E-state index in [0.29, 0.717) is 18.8 Å². The lowest BCUT2D eigenvalue weighted by Gasteiger charge is -2.33. The van der Waals surface area contributed by atoms with Crippen LogP contribution in [0.3, 0.4) is 0 Å². The lowest BCUT2D eigenvalue weighted by molar-refractivity contribution is -0.157. The van der Waals surface area contributed by atoms with E-state index in [0.717, 1.165) is 38.9 Å². The minimum atomic E-state index is -0.258. The van der Waals surface area contributed by atoms with E-state index in [2.05, 4.69) is 21.8 Å². The summed E-state index contributed by atoms with van der Waals surface area (Å²) in [4.78, 5) is 36.9. The van der Waals surface area contributed by atoms with Gasteiger partial charge in [-0.1, -0.05) is 0 Å². The van der Waals surface area contributed by atoms with Crippen LogP contribution in [0.25, 0.3) is 0 Å². The summed E-state index contributed by atoms with van der Waals surface area (Å²) in [6.07, 6.45) is 8.06. The van der Waals surface area contributed by atoms with Crippen LogP contribution in [0, 0.1) is 5.92 Å². The van der Waals surface area contributed by atoms with Crippen LogP contribution in [0.1, 0.15) is 39.0 Å². The van der Waals surface area contributed by atoms with Gasteiger partial charge in [-0.05, 0) is 45.1 Å². The minimum Gasteiger partial charge on any atom is -0.455 e. The van der Waals surface area contributed by atoms with Crippen LogP contribution in [-0.2, 0) is 14.3 Å². The zero-order chi connectivity index (χ0) is 17.6. The number of esters is 1. The number of hydrogen-bond donors (Lipinski definition) is 0. The van der Waals surface area contributed by atoms with Crippen LogP contribution in [0.15, 0.2) is 18.5 Å². The predicted octanol–water partition coefficient (Wildman–Crippen LogP) is 1.64. The monoisotopic (exact) mass is 346 g/mol. The molecule has 3 heterocycles. The average molecular weight is 346 g/mol. The molecule has 1 unspecified atom stereocenters. The van der Waals surface area contributed by atoms with Gasteiger partial charge in [-0.2, -0.15) is 0 Å². The van der Waals surface area contributed by atoms with Gasteiger partial charge in [0, 0.05) is 38.1 Å². The van der Waals surface area contributed by atoms with Gasteiger partial charge in [0.1, 0.15) is 0 Å². The average Bonchev–Trinajstić information content (AvgIpc) is 2.67. The Labute approximate surface area is 148 Å². The molecule has 2 aliphatic rings. The lowest BCUT2D eigenvalue weighted by atomic mass is 9.97. The van der Waals surface area contributed by atoms with Crippen molar-refractivity contribution in [3.63, 3.8) is 0 Å². The Balaban J connectivity index is 1.43. The molecule has 0 aliphatic carbocycles. The number of nitrogens with zero attached hydrogens (tertiary/aromatic N) is 4. The van der Waals surface area contributed by atoms with Gasteiger partial charge in [-0.3, -0.25) is 9.59 Å². The number of amides is 1. The summed E-state index contributed by atoms with van der Waals surface area (Å²) in [5.41, 5.74) is 0. The first-order chi connectivity index (χ1) is 12.1. The molecule has 2 aliphatic heterocycles. The molecule has 2 saturated heterocycles. The van der Waals surface area contributed by atoms with Gasteiger partial charge in [-0.25, -0.2) is 9.97 Å². The molecular formula is C18H26N4O3. The fraction of sp³-hybridized carbons (Fsp3) is 0.667. The molecule has 7 nitrogen and oxygen atoms in total. The molecule has 7 heteroatoms. The first-order valence-electron chi connectivity index (χ1n) is 9.13. The molecule has 1 aromatic rings. The summed E-state index contributed by atoms with van der Waals surface area (Å²) in [6, 6.07) is 2.03.